The topological polar surface area (TPSA) is 63.2 Å². The van der Waals surface area contributed by atoms with Crippen molar-refractivity contribution in [3.05, 3.63) is 28.8 Å². The van der Waals surface area contributed by atoms with Crippen LogP contribution in [0.2, 0.25) is 5.02 Å². The molecule has 0 fully saturated rings. The van der Waals surface area contributed by atoms with Gasteiger partial charge in [-0.2, -0.15) is 0 Å². The van der Waals surface area contributed by atoms with Crippen molar-refractivity contribution in [2.75, 3.05) is 7.05 Å². The molecule has 82 valence electrons. The monoisotopic (exact) mass is 267 g/mol. The summed E-state index contributed by atoms with van der Waals surface area (Å²) < 4.78 is 22.0. The molecule has 0 unspecified atom stereocenters. The number of hydrogen-bond acceptors (Lipinski definition) is 3. The van der Waals surface area contributed by atoms with Crippen molar-refractivity contribution in [2.45, 2.75) is 4.90 Å². The van der Waals surface area contributed by atoms with E-state index in [1.165, 1.54) is 19.2 Å². The van der Waals surface area contributed by atoms with Crippen molar-refractivity contribution in [2.24, 2.45) is 0 Å². The normalized spacial score (nSPS) is 11.1. The van der Waals surface area contributed by atoms with E-state index < -0.39 is 15.0 Å². The maximum Gasteiger partial charge on any atom is 0.261 e. The molecule has 0 saturated carbocycles. The molecule has 0 saturated heterocycles. The molecule has 0 aliphatic heterocycles. The second-order valence-corrected chi connectivity index (χ2v) is 5.63. The van der Waals surface area contributed by atoms with Gasteiger partial charge in [-0.1, -0.05) is 11.6 Å². The van der Waals surface area contributed by atoms with Crippen molar-refractivity contribution in [3.63, 3.8) is 0 Å². The summed E-state index contributed by atoms with van der Waals surface area (Å²) >= 11 is 5.72. The second kappa shape index (κ2) is 4.38. The molecular weight excluding hydrogens is 261 g/mol. The molecule has 15 heavy (non-hydrogen) atoms. The molecule has 7 heteroatoms. The van der Waals surface area contributed by atoms with Gasteiger partial charge in [0.15, 0.2) is 0 Å². The van der Waals surface area contributed by atoms with E-state index >= 15 is 0 Å². The summed E-state index contributed by atoms with van der Waals surface area (Å²) in [5, 5.41) is 2.50. The van der Waals surface area contributed by atoms with Crippen LogP contribution in [0.4, 0.5) is 0 Å². The molecule has 0 spiro atoms. The van der Waals surface area contributed by atoms with Gasteiger partial charge in [-0.05, 0) is 18.2 Å². The van der Waals surface area contributed by atoms with Gasteiger partial charge in [-0.3, -0.25) is 4.79 Å². The Balaban J connectivity index is 3.36. The van der Waals surface area contributed by atoms with Gasteiger partial charge < -0.3 is 5.32 Å². The van der Waals surface area contributed by atoms with E-state index in [-0.39, 0.29) is 15.5 Å². The largest absolute Gasteiger partial charge is 0.355 e. The summed E-state index contributed by atoms with van der Waals surface area (Å²) in [4.78, 5) is 11.1. The number of halogens is 2. The van der Waals surface area contributed by atoms with Gasteiger partial charge in [0.05, 0.1) is 15.5 Å². The van der Waals surface area contributed by atoms with Crippen LogP contribution in [0.3, 0.4) is 0 Å². The standard InChI is InChI=1S/C8H7Cl2NO3S/c1-11-8(12)6-4-5(15(10,13)14)2-3-7(6)9/h2-4H,1H3,(H,11,12). The van der Waals surface area contributed by atoms with Crippen LogP contribution >= 0.6 is 22.3 Å². The molecule has 0 aromatic heterocycles. The van der Waals surface area contributed by atoms with E-state index in [2.05, 4.69) is 5.32 Å². The molecule has 0 atom stereocenters. The van der Waals surface area contributed by atoms with E-state index in [9.17, 15) is 13.2 Å². The predicted molar refractivity (Wildman–Crippen MR) is 57.9 cm³/mol. The summed E-state index contributed by atoms with van der Waals surface area (Å²) in [5.41, 5.74) is 0.0703. The SMILES string of the molecule is CNC(=O)c1cc(S(=O)(=O)Cl)ccc1Cl. The lowest BCUT2D eigenvalue weighted by Crippen LogP contribution is -2.18. The molecule has 0 heterocycles. The first-order valence-corrected chi connectivity index (χ1v) is 6.51. The zero-order valence-corrected chi connectivity index (χ0v) is 9.95. The number of nitrogens with one attached hydrogen (secondary N) is 1. The zero-order chi connectivity index (χ0) is 11.6. The molecule has 0 aliphatic rings. The molecule has 1 rings (SSSR count). The van der Waals surface area contributed by atoms with Gasteiger partial charge in [0.2, 0.25) is 0 Å². The van der Waals surface area contributed by atoms with E-state index in [0.29, 0.717) is 0 Å². The lowest BCUT2D eigenvalue weighted by Gasteiger charge is -2.04. The summed E-state index contributed by atoms with van der Waals surface area (Å²) in [6.45, 7) is 0. The first-order chi connectivity index (χ1) is 6.86. The number of carbonyl (C=O) groups excluding carboxylic acids is 1. The van der Waals surface area contributed by atoms with Crippen molar-refractivity contribution in [3.8, 4) is 0 Å². The maximum atomic E-state index is 11.3. The molecule has 0 aliphatic carbocycles. The molecule has 4 nitrogen and oxygen atoms in total. The number of hydrogen-bond donors (Lipinski definition) is 1. The number of carbonyl (C=O) groups is 1. The Hall–Kier alpha value is -0.780. The molecule has 1 aromatic rings. The maximum absolute atomic E-state index is 11.3. The van der Waals surface area contributed by atoms with Crippen LogP contribution in [0, 0.1) is 0 Å². The Labute approximate surface area is 96.6 Å². The van der Waals surface area contributed by atoms with Gasteiger partial charge in [0.25, 0.3) is 15.0 Å². The molecule has 1 amide bonds. The third-order valence-corrected chi connectivity index (χ3v) is 3.37. The van der Waals surface area contributed by atoms with E-state index in [1.54, 1.807) is 0 Å². The number of rotatable bonds is 2. The molecule has 1 N–H and O–H groups in total. The zero-order valence-electron chi connectivity index (χ0n) is 7.62. The van der Waals surface area contributed by atoms with E-state index in [1.807, 2.05) is 0 Å². The summed E-state index contributed by atoms with van der Waals surface area (Å²) in [5.74, 6) is -0.470. The fourth-order valence-electron chi connectivity index (χ4n) is 0.965. The quantitative estimate of drug-likeness (QED) is 0.829. The minimum atomic E-state index is -3.85. The van der Waals surface area contributed by atoms with Crippen LogP contribution in [0.5, 0.6) is 0 Å². The average molecular weight is 268 g/mol. The van der Waals surface area contributed by atoms with Crippen LogP contribution in [-0.4, -0.2) is 21.4 Å². The first-order valence-electron chi connectivity index (χ1n) is 3.82. The summed E-state index contributed by atoms with van der Waals surface area (Å²) in [6, 6.07) is 3.67. The highest BCUT2D eigenvalue weighted by Gasteiger charge is 2.15. The fourth-order valence-corrected chi connectivity index (χ4v) is 1.95. The van der Waals surface area contributed by atoms with Crippen LogP contribution in [-0.2, 0) is 9.05 Å². The molecule has 0 bridgehead atoms. The first kappa shape index (κ1) is 12.3. The fraction of sp³-hybridized carbons (Fsp3) is 0.125. The van der Waals surface area contributed by atoms with E-state index in [0.717, 1.165) is 6.07 Å². The van der Waals surface area contributed by atoms with Crippen LogP contribution in [0.25, 0.3) is 0 Å². The Morgan fingerprint density at radius 2 is 2.00 bits per heavy atom. The van der Waals surface area contributed by atoms with Crippen molar-refractivity contribution >= 4 is 37.2 Å². The summed E-state index contributed by atoms with van der Waals surface area (Å²) in [7, 11) is 2.70. The smallest absolute Gasteiger partial charge is 0.261 e. The van der Waals surface area contributed by atoms with Crippen molar-refractivity contribution in [1.82, 2.24) is 5.32 Å². The number of amides is 1. The van der Waals surface area contributed by atoms with Gasteiger partial charge in [-0.25, -0.2) is 8.42 Å². The highest BCUT2D eigenvalue weighted by molar-refractivity contribution is 8.13. The summed E-state index contributed by atoms with van der Waals surface area (Å²) in [6.07, 6.45) is 0. The highest BCUT2D eigenvalue weighted by Crippen LogP contribution is 2.22. The van der Waals surface area contributed by atoms with Crippen LogP contribution < -0.4 is 5.32 Å². The second-order valence-electron chi connectivity index (χ2n) is 2.66. The number of benzene rings is 1. The van der Waals surface area contributed by atoms with Crippen LogP contribution in [0.15, 0.2) is 23.1 Å². The molecule has 0 radical (unpaired) electrons. The third kappa shape index (κ3) is 2.84. The van der Waals surface area contributed by atoms with Crippen molar-refractivity contribution in [1.29, 1.82) is 0 Å². The Morgan fingerprint density at radius 3 is 2.47 bits per heavy atom. The predicted octanol–water partition coefficient (Wildman–Crippen LogP) is 1.63. The van der Waals surface area contributed by atoms with Gasteiger partial charge in [0.1, 0.15) is 0 Å². The highest BCUT2D eigenvalue weighted by atomic mass is 35.7. The van der Waals surface area contributed by atoms with Crippen LogP contribution in [0.1, 0.15) is 10.4 Å². The van der Waals surface area contributed by atoms with Crippen molar-refractivity contribution < 1.29 is 13.2 Å². The third-order valence-electron chi connectivity index (χ3n) is 1.69. The minimum absolute atomic E-state index is 0.0703. The Bertz CT molecular complexity index is 499. The van der Waals surface area contributed by atoms with Gasteiger partial charge >= 0.3 is 0 Å². The Kier molecular flexibility index (Phi) is 3.59. The Morgan fingerprint density at radius 1 is 1.40 bits per heavy atom. The lowest BCUT2D eigenvalue weighted by atomic mass is 10.2. The minimum Gasteiger partial charge on any atom is -0.355 e. The molecular formula is C8H7Cl2NO3S. The van der Waals surface area contributed by atoms with Gasteiger partial charge in [-0.15, -0.1) is 0 Å². The molecule has 1 aromatic carbocycles. The average Bonchev–Trinajstić information content (AvgIpc) is 2.15. The lowest BCUT2D eigenvalue weighted by molar-refractivity contribution is 0.0963. The van der Waals surface area contributed by atoms with E-state index in [4.69, 9.17) is 22.3 Å². The van der Waals surface area contributed by atoms with Gasteiger partial charge in [0, 0.05) is 17.7 Å².